The van der Waals surface area contributed by atoms with Crippen LogP contribution >= 0.6 is 0 Å². The summed E-state index contributed by atoms with van der Waals surface area (Å²) >= 11 is 0. The highest BCUT2D eigenvalue weighted by molar-refractivity contribution is 4.79. The molecule has 92 valence electrons. The minimum Gasteiger partial charge on any atom is -0.313 e. The van der Waals surface area contributed by atoms with E-state index in [4.69, 9.17) is 0 Å². The first kappa shape index (κ1) is 14.7. The van der Waals surface area contributed by atoms with Gasteiger partial charge in [0.2, 0.25) is 0 Å². The summed E-state index contributed by atoms with van der Waals surface area (Å²) in [5.74, 6) is 0. The second-order valence-electron chi connectivity index (χ2n) is 4.18. The molecule has 0 atom stereocenters. The van der Waals surface area contributed by atoms with Crippen molar-refractivity contribution in [2.45, 2.75) is 25.7 Å². The molecule has 0 fully saturated rings. The molecule has 0 saturated heterocycles. The van der Waals surface area contributed by atoms with Crippen molar-refractivity contribution in [2.75, 3.05) is 33.8 Å². The molecule has 0 radical (unpaired) electrons. The van der Waals surface area contributed by atoms with Crippen LogP contribution in [0.2, 0.25) is 0 Å². The van der Waals surface area contributed by atoms with E-state index in [1.165, 1.54) is 0 Å². The van der Waals surface area contributed by atoms with Gasteiger partial charge in [-0.05, 0) is 27.9 Å². The van der Waals surface area contributed by atoms with E-state index < -0.39 is 6.36 Å². The Labute approximate surface area is 88.6 Å². The van der Waals surface area contributed by atoms with Crippen molar-refractivity contribution in [3.05, 3.63) is 0 Å². The van der Waals surface area contributed by atoms with E-state index in [0.29, 0.717) is 6.54 Å². The molecule has 0 amide bonds. The molecule has 0 bridgehead atoms. The zero-order valence-electron chi connectivity index (χ0n) is 9.61. The molecule has 0 aromatic heterocycles. The number of hydrogen-bond donors (Lipinski definition) is 1. The van der Waals surface area contributed by atoms with Gasteiger partial charge in [-0.25, -0.2) is 0 Å². The Hall–Kier alpha value is -0.330. The van der Waals surface area contributed by atoms with Crippen molar-refractivity contribution in [1.82, 2.24) is 10.2 Å². The molecule has 0 aliphatic rings. The monoisotopic (exact) mass is 228 g/mol. The van der Waals surface area contributed by atoms with Gasteiger partial charge >= 0.3 is 6.36 Å². The number of rotatable bonds is 6. The van der Waals surface area contributed by atoms with Gasteiger partial charge < -0.3 is 10.2 Å². The predicted molar refractivity (Wildman–Crippen MR) is 52.6 cm³/mol. The van der Waals surface area contributed by atoms with Crippen LogP contribution in [0.5, 0.6) is 0 Å². The maximum atomic E-state index is 11.6. The van der Waals surface area contributed by atoms with Crippen LogP contribution in [0.15, 0.2) is 0 Å². The fraction of sp³-hybridized carbons (Fsp3) is 1.00. The zero-order chi connectivity index (χ0) is 12.1. The molecule has 0 spiro atoms. The number of halogens is 3. The van der Waals surface area contributed by atoms with Gasteiger partial charge in [0.25, 0.3) is 0 Å². The SMILES string of the molecule is CN(C)C(C)(C)CNCCOC(F)(F)F. The number of nitrogens with zero attached hydrogens (tertiary/aromatic N) is 1. The summed E-state index contributed by atoms with van der Waals surface area (Å²) in [4.78, 5) is 2.00. The van der Waals surface area contributed by atoms with E-state index in [2.05, 4.69) is 10.1 Å². The number of ether oxygens (including phenoxy) is 1. The van der Waals surface area contributed by atoms with Gasteiger partial charge in [0.05, 0.1) is 6.61 Å². The first-order valence-electron chi connectivity index (χ1n) is 4.74. The van der Waals surface area contributed by atoms with Gasteiger partial charge in [-0.15, -0.1) is 13.2 Å². The van der Waals surface area contributed by atoms with E-state index in [1.54, 1.807) is 0 Å². The highest BCUT2D eigenvalue weighted by Crippen LogP contribution is 2.15. The second kappa shape index (κ2) is 5.67. The average Bonchev–Trinajstić information content (AvgIpc) is 2.00. The smallest absolute Gasteiger partial charge is 0.313 e. The Morgan fingerprint density at radius 1 is 1.20 bits per heavy atom. The number of nitrogens with one attached hydrogen (secondary N) is 1. The lowest BCUT2D eigenvalue weighted by Crippen LogP contribution is -2.47. The fourth-order valence-corrected chi connectivity index (χ4v) is 0.791. The lowest BCUT2D eigenvalue weighted by Gasteiger charge is -2.32. The summed E-state index contributed by atoms with van der Waals surface area (Å²) in [6.45, 7) is 4.46. The lowest BCUT2D eigenvalue weighted by atomic mass is 10.0. The summed E-state index contributed by atoms with van der Waals surface area (Å²) in [6.07, 6.45) is -4.53. The molecule has 6 heteroatoms. The van der Waals surface area contributed by atoms with Gasteiger partial charge in [0.15, 0.2) is 0 Å². The Morgan fingerprint density at radius 2 is 1.73 bits per heavy atom. The first-order chi connectivity index (χ1) is 6.65. The van der Waals surface area contributed by atoms with Crippen molar-refractivity contribution in [3.8, 4) is 0 Å². The van der Waals surface area contributed by atoms with Gasteiger partial charge in [-0.3, -0.25) is 4.74 Å². The van der Waals surface area contributed by atoms with E-state index in [1.807, 2.05) is 32.8 Å². The third kappa shape index (κ3) is 7.58. The Morgan fingerprint density at radius 3 is 2.13 bits per heavy atom. The highest BCUT2D eigenvalue weighted by atomic mass is 19.4. The molecule has 0 aliphatic carbocycles. The number of likely N-dealkylation sites (N-methyl/N-ethyl adjacent to an activating group) is 1. The molecular formula is C9H19F3N2O. The van der Waals surface area contributed by atoms with Gasteiger partial charge in [-0.2, -0.15) is 0 Å². The molecule has 0 aliphatic heterocycles. The van der Waals surface area contributed by atoms with Crippen LogP contribution in [-0.2, 0) is 4.74 Å². The van der Waals surface area contributed by atoms with Crippen LogP contribution in [0.4, 0.5) is 13.2 Å². The quantitative estimate of drug-likeness (QED) is 0.696. The van der Waals surface area contributed by atoms with E-state index >= 15 is 0 Å². The summed E-state index contributed by atoms with van der Waals surface area (Å²) < 4.78 is 38.4. The molecule has 0 aromatic rings. The maximum absolute atomic E-state index is 11.6. The van der Waals surface area contributed by atoms with Crippen molar-refractivity contribution >= 4 is 0 Å². The fourth-order valence-electron chi connectivity index (χ4n) is 0.791. The summed E-state index contributed by atoms with van der Waals surface area (Å²) in [5, 5.41) is 2.91. The van der Waals surface area contributed by atoms with Crippen LogP contribution in [0.3, 0.4) is 0 Å². The summed E-state index contributed by atoms with van der Waals surface area (Å²) in [7, 11) is 3.85. The molecule has 0 unspecified atom stereocenters. The third-order valence-corrected chi connectivity index (χ3v) is 2.31. The molecule has 0 heterocycles. The minimum absolute atomic E-state index is 0.0851. The molecular weight excluding hydrogens is 209 g/mol. The minimum atomic E-state index is -4.53. The van der Waals surface area contributed by atoms with Crippen LogP contribution in [0, 0.1) is 0 Å². The summed E-state index contributed by atoms with van der Waals surface area (Å²) in [6, 6.07) is 0. The normalized spacial score (nSPS) is 13.6. The zero-order valence-corrected chi connectivity index (χ0v) is 9.61. The third-order valence-electron chi connectivity index (χ3n) is 2.31. The number of alkyl halides is 3. The summed E-state index contributed by atoms with van der Waals surface area (Å²) in [5.41, 5.74) is -0.0851. The molecule has 0 saturated carbocycles. The second-order valence-corrected chi connectivity index (χ2v) is 4.18. The topological polar surface area (TPSA) is 24.5 Å². The van der Waals surface area contributed by atoms with Gasteiger partial charge in [0.1, 0.15) is 0 Å². The molecule has 0 aromatic carbocycles. The van der Waals surface area contributed by atoms with Crippen LogP contribution in [0.25, 0.3) is 0 Å². The van der Waals surface area contributed by atoms with Gasteiger partial charge in [-0.1, -0.05) is 0 Å². The largest absolute Gasteiger partial charge is 0.522 e. The highest BCUT2D eigenvalue weighted by Gasteiger charge is 2.28. The Bertz CT molecular complexity index is 181. The first-order valence-corrected chi connectivity index (χ1v) is 4.74. The van der Waals surface area contributed by atoms with Crippen LogP contribution in [0.1, 0.15) is 13.8 Å². The van der Waals surface area contributed by atoms with Crippen molar-refractivity contribution in [2.24, 2.45) is 0 Å². The van der Waals surface area contributed by atoms with Crippen molar-refractivity contribution in [1.29, 1.82) is 0 Å². The van der Waals surface area contributed by atoms with E-state index in [0.717, 1.165) is 0 Å². The van der Waals surface area contributed by atoms with Crippen LogP contribution in [-0.4, -0.2) is 50.6 Å². The standard InChI is InChI=1S/C9H19F3N2O/c1-8(2,14(3)4)7-13-5-6-15-9(10,11)12/h13H,5-7H2,1-4H3. The van der Waals surface area contributed by atoms with Gasteiger partial charge in [0, 0.05) is 18.6 Å². The maximum Gasteiger partial charge on any atom is 0.522 e. The lowest BCUT2D eigenvalue weighted by molar-refractivity contribution is -0.323. The molecule has 15 heavy (non-hydrogen) atoms. The molecule has 3 nitrogen and oxygen atoms in total. The average molecular weight is 228 g/mol. The van der Waals surface area contributed by atoms with Crippen molar-refractivity contribution < 1.29 is 17.9 Å². The molecule has 1 N–H and O–H groups in total. The van der Waals surface area contributed by atoms with E-state index in [9.17, 15) is 13.2 Å². The van der Waals surface area contributed by atoms with Crippen LogP contribution < -0.4 is 5.32 Å². The molecule has 0 rings (SSSR count). The van der Waals surface area contributed by atoms with Crippen molar-refractivity contribution in [3.63, 3.8) is 0 Å². The number of hydrogen-bond acceptors (Lipinski definition) is 3. The Balaban J connectivity index is 3.55. The predicted octanol–water partition coefficient (Wildman–Crippen LogP) is 1.45. The Kier molecular flexibility index (Phi) is 5.55. The van der Waals surface area contributed by atoms with E-state index in [-0.39, 0.29) is 18.7 Å².